The zero-order chi connectivity index (χ0) is 26.0. The lowest BCUT2D eigenvalue weighted by atomic mass is 10.0. The van der Waals surface area contributed by atoms with Gasteiger partial charge in [0.15, 0.2) is 6.61 Å². The summed E-state index contributed by atoms with van der Waals surface area (Å²) in [5, 5.41) is 0. The monoisotopic (exact) mass is 499 g/mol. The number of rotatable bonds is 5. The fourth-order valence-electron chi connectivity index (χ4n) is 4.94. The van der Waals surface area contributed by atoms with E-state index >= 15 is 0 Å². The highest BCUT2D eigenvalue weighted by molar-refractivity contribution is 5.96. The van der Waals surface area contributed by atoms with Crippen molar-refractivity contribution in [1.29, 1.82) is 0 Å². The van der Waals surface area contributed by atoms with Crippen LogP contribution in [0.2, 0.25) is 0 Å². The van der Waals surface area contributed by atoms with Gasteiger partial charge in [0, 0.05) is 46.2 Å². The molecule has 194 valence electrons. The van der Waals surface area contributed by atoms with Crippen LogP contribution in [0.1, 0.15) is 36.5 Å². The van der Waals surface area contributed by atoms with Crippen LogP contribution in [-0.2, 0) is 22.7 Å². The fourth-order valence-corrected chi connectivity index (χ4v) is 4.94. The molecule has 0 atom stereocenters. The van der Waals surface area contributed by atoms with Gasteiger partial charge in [-0.1, -0.05) is 66.7 Å². The highest BCUT2D eigenvalue weighted by Gasteiger charge is 2.24. The minimum absolute atomic E-state index is 0.0397. The summed E-state index contributed by atoms with van der Waals surface area (Å²) in [6.07, 6.45) is 1.75. The molecule has 4 rings (SSSR count). The minimum Gasteiger partial charge on any atom is -0.484 e. The summed E-state index contributed by atoms with van der Waals surface area (Å²) >= 11 is 0. The van der Waals surface area contributed by atoms with Crippen molar-refractivity contribution in [2.24, 2.45) is 0 Å². The minimum atomic E-state index is -0.0829. The Morgan fingerprint density at radius 2 is 1.49 bits per heavy atom. The molecule has 0 spiro atoms. The van der Waals surface area contributed by atoms with Crippen molar-refractivity contribution in [2.75, 3.05) is 37.7 Å². The lowest BCUT2D eigenvalue weighted by molar-refractivity contribution is -0.129. The molecule has 1 heterocycles. The van der Waals surface area contributed by atoms with Crippen molar-refractivity contribution < 1.29 is 14.3 Å². The maximum Gasteiger partial charge on any atom is 0.264 e. The zero-order valence-corrected chi connectivity index (χ0v) is 21.9. The predicted octanol–water partition coefficient (Wildman–Crippen LogP) is 5.05. The van der Waals surface area contributed by atoms with Gasteiger partial charge in [-0.15, -0.1) is 0 Å². The van der Waals surface area contributed by atoms with E-state index in [1.807, 2.05) is 71.3 Å². The van der Waals surface area contributed by atoms with Gasteiger partial charge in [-0.2, -0.15) is 0 Å². The van der Waals surface area contributed by atoms with Gasteiger partial charge in [0.2, 0.25) is 5.91 Å². The van der Waals surface area contributed by atoms with Gasteiger partial charge in [0.05, 0.1) is 5.69 Å². The summed E-state index contributed by atoms with van der Waals surface area (Å²) in [6, 6.07) is 26.0. The lowest BCUT2D eigenvalue weighted by Crippen LogP contribution is -2.40. The largest absolute Gasteiger partial charge is 0.484 e. The van der Waals surface area contributed by atoms with Crippen molar-refractivity contribution in [3.63, 3.8) is 0 Å². The number of anilines is 1. The second-order valence-electron chi connectivity index (χ2n) is 9.64. The molecule has 0 saturated carbocycles. The van der Waals surface area contributed by atoms with E-state index in [4.69, 9.17) is 4.74 Å². The summed E-state index contributed by atoms with van der Waals surface area (Å²) in [5.74, 6) is 0.636. The van der Waals surface area contributed by atoms with Crippen LogP contribution in [0.5, 0.6) is 5.75 Å². The summed E-state index contributed by atoms with van der Waals surface area (Å²) in [7, 11) is 0. The van der Waals surface area contributed by atoms with Gasteiger partial charge in [-0.25, -0.2) is 0 Å². The highest BCUT2D eigenvalue weighted by Crippen LogP contribution is 2.28. The molecule has 0 aliphatic carbocycles. The first-order chi connectivity index (χ1) is 18.0. The Hall–Kier alpha value is -3.64. The first-order valence-electron chi connectivity index (χ1n) is 13.1. The molecule has 2 amide bonds. The lowest BCUT2D eigenvalue weighted by Gasteiger charge is -2.32. The fraction of sp³-hybridized carbons (Fsp3) is 0.355. The Labute approximate surface area is 220 Å². The van der Waals surface area contributed by atoms with Crippen LogP contribution < -0.4 is 9.64 Å². The molecule has 0 aromatic heterocycles. The summed E-state index contributed by atoms with van der Waals surface area (Å²) in [6.45, 7) is 7.96. The SMILES string of the molecule is CC(=O)N1CCCN(Cc2ccccc2)CCCN(C(=O)COc2ccccc2)c2c(C)cccc2C1. The first kappa shape index (κ1) is 26.4. The summed E-state index contributed by atoms with van der Waals surface area (Å²) < 4.78 is 5.84. The topological polar surface area (TPSA) is 53.1 Å². The van der Waals surface area contributed by atoms with Gasteiger partial charge in [-0.05, 0) is 48.6 Å². The molecule has 1 aliphatic rings. The molecule has 0 N–H and O–H groups in total. The third-order valence-corrected chi connectivity index (χ3v) is 6.81. The molecule has 6 heteroatoms. The van der Waals surface area contributed by atoms with Crippen LogP contribution in [0.4, 0.5) is 5.69 Å². The summed E-state index contributed by atoms with van der Waals surface area (Å²) in [4.78, 5) is 32.4. The van der Waals surface area contributed by atoms with Crippen LogP contribution in [0, 0.1) is 6.92 Å². The quantitative estimate of drug-likeness (QED) is 0.493. The number of amides is 2. The van der Waals surface area contributed by atoms with Crippen molar-refractivity contribution >= 4 is 17.5 Å². The number of aryl methyl sites for hydroxylation is 1. The molecule has 0 saturated heterocycles. The second kappa shape index (κ2) is 13.1. The Bertz CT molecular complexity index is 1170. The number of carbonyl (C=O) groups is 2. The maximum absolute atomic E-state index is 13.6. The van der Waals surface area contributed by atoms with Crippen LogP contribution >= 0.6 is 0 Å². The van der Waals surface area contributed by atoms with Crippen LogP contribution in [0.25, 0.3) is 0 Å². The second-order valence-corrected chi connectivity index (χ2v) is 9.64. The van der Waals surface area contributed by atoms with E-state index in [1.165, 1.54) is 5.56 Å². The Kier molecular flexibility index (Phi) is 9.33. The highest BCUT2D eigenvalue weighted by atomic mass is 16.5. The van der Waals surface area contributed by atoms with Crippen molar-refractivity contribution in [2.45, 2.75) is 39.8 Å². The van der Waals surface area contributed by atoms with Gasteiger partial charge in [-0.3, -0.25) is 14.5 Å². The molecular weight excluding hydrogens is 462 g/mol. The van der Waals surface area contributed by atoms with Crippen molar-refractivity contribution in [3.8, 4) is 5.75 Å². The van der Waals surface area contributed by atoms with Crippen LogP contribution in [0.15, 0.2) is 78.9 Å². The number of para-hydroxylation sites is 2. The number of nitrogens with zero attached hydrogens (tertiary/aromatic N) is 3. The van der Waals surface area contributed by atoms with E-state index < -0.39 is 0 Å². The maximum atomic E-state index is 13.6. The average Bonchev–Trinajstić information content (AvgIpc) is 2.90. The Balaban J connectivity index is 1.60. The molecule has 0 radical (unpaired) electrons. The number of carbonyl (C=O) groups excluding carboxylic acids is 2. The van der Waals surface area contributed by atoms with Gasteiger partial charge >= 0.3 is 0 Å². The van der Waals surface area contributed by atoms with Crippen molar-refractivity contribution in [3.05, 3.63) is 95.6 Å². The molecular formula is C31H37N3O3. The van der Waals surface area contributed by atoms with E-state index in [-0.39, 0.29) is 18.4 Å². The van der Waals surface area contributed by atoms with E-state index in [0.717, 1.165) is 49.3 Å². The molecule has 37 heavy (non-hydrogen) atoms. The van der Waals surface area contributed by atoms with Crippen molar-refractivity contribution in [1.82, 2.24) is 9.80 Å². The third kappa shape index (κ3) is 7.43. The van der Waals surface area contributed by atoms with E-state index in [2.05, 4.69) is 29.2 Å². The smallest absolute Gasteiger partial charge is 0.264 e. The number of benzene rings is 3. The molecule has 0 fully saturated rings. The van der Waals surface area contributed by atoms with Gasteiger partial charge in [0.25, 0.3) is 5.91 Å². The Morgan fingerprint density at radius 1 is 0.811 bits per heavy atom. The van der Waals surface area contributed by atoms with Crippen LogP contribution in [-0.4, -0.2) is 54.4 Å². The number of ether oxygens (including phenoxy) is 1. The van der Waals surface area contributed by atoms with Gasteiger partial charge in [0.1, 0.15) is 5.75 Å². The number of hydrogen-bond donors (Lipinski definition) is 0. The molecule has 3 aromatic carbocycles. The summed E-state index contributed by atoms with van der Waals surface area (Å²) in [5.41, 5.74) is 4.17. The molecule has 6 nitrogen and oxygen atoms in total. The third-order valence-electron chi connectivity index (χ3n) is 6.81. The van der Waals surface area contributed by atoms with Gasteiger partial charge < -0.3 is 14.5 Å². The molecule has 0 unspecified atom stereocenters. The van der Waals surface area contributed by atoms with Crippen LogP contribution in [0.3, 0.4) is 0 Å². The van der Waals surface area contributed by atoms with E-state index in [0.29, 0.717) is 25.4 Å². The number of fused-ring (bicyclic) bond motifs is 1. The van der Waals surface area contributed by atoms with E-state index in [1.54, 1.807) is 6.92 Å². The van der Waals surface area contributed by atoms with E-state index in [9.17, 15) is 9.59 Å². The normalized spacial score (nSPS) is 15.3. The standard InChI is InChI=1S/C31H37N3O3/c1-25-12-9-15-28-23-33(26(2)35)20-10-18-32(22-27-13-5-3-6-14-27)19-11-21-34(31(25)28)30(36)24-37-29-16-7-4-8-17-29/h3-9,12-17H,10-11,18-24H2,1-2H3. The zero-order valence-electron chi connectivity index (χ0n) is 21.9. The molecule has 1 aliphatic heterocycles. The predicted molar refractivity (Wildman–Crippen MR) is 148 cm³/mol. The molecule has 3 aromatic rings. The number of hydrogen-bond acceptors (Lipinski definition) is 4. The first-order valence-corrected chi connectivity index (χ1v) is 13.1. The molecule has 0 bridgehead atoms. The average molecular weight is 500 g/mol. The Morgan fingerprint density at radius 3 is 2.19 bits per heavy atom.